The third-order valence-electron chi connectivity index (χ3n) is 3.49. The van der Waals surface area contributed by atoms with Gasteiger partial charge in [0.1, 0.15) is 11.5 Å². The number of halogens is 1. The summed E-state index contributed by atoms with van der Waals surface area (Å²) in [5.41, 5.74) is 3.89. The van der Waals surface area contributed by atoms with E-state index in [0.717, 1.165) is 36.3 Å². The smallest absolute Gasteiger partial charge is 0.122 e. The van der Waals surface area contributed by atoms with Crippen molar-refractivity contribution in [3.63, 3.8) is 0 Å². The van der Waals surface area contributed by atoms with Gasteiger partial charge in [0.05, 0.1) is 13.2 Å². The summed E-state index contributed by atoms with van der Waals surface area (Å²) in [6.45, 7) is 1.52. The molecular formula is C17H17BrO2. The van der Waals surface area contributed by atoms with E-state index in [0.29, 0.717) is 6.61 Å². The van der Waals surface area contributed by atoms with Crippen LogP contribution in [-0.4, -0.2) is 13.2 Å². The summed E-state index contributed by atoms with van der Waals surface area (Å²) in [4.78, 5) is 0. The maximum Gasteiger partial charge on any atom is 0.122 e. The van der Waals surface area contributed by atoms with E-state index in [1.54, 1.807) is 0 Å². The van der Waals surface area contributed by atoms with Gasteiger partial charge in [-0.2, -0.15) is 0 Å². The zero-order valence-electron chi connectivity index (χ0n) is 11.3. The van der Waals surface area contributed by atoms with Crippen molar-refractivity contribution in [3.8, 4) is 11.5 Å². The van der Waals surface area contributed by atoms with Crippen LogP contribution >= 0.6 is 15.9 Å². The molecule has 3 rings (SSSR count). The summed E-state index contributed by atoms with van der Waals surface area (Å²) in [7, 11) is 0. The molecule has 0 radical (unpaired) electrons. The Bertz CT molecular complexity index is 578. The number of rotatable bonds is 5. The van der Waals surface area contributed by atoms with Gasteiger partial charge >= 0.3 is 0 Å². The molecule has 0 amide bonds. The molecule has 2 aromatic carbocycles. The van der Waals surface area contributed by atoms with Gasteiger partial charge in [0, 0.05) is 18.2 Å². The van der Waals surface area contributed by atoms with E-state index in [4.69, 9.17) is 9.47 Å². The van der Waals surface area contributed by atoms with Gasteiger partial charge in [-0.15, -0.1) is 0 Å². The zero-order chi connectivity index (χ0) is 13.8. The van der Waals surface area contributed by atoms with Gasteiger partial charge in [0.2, 0.25) is 0 Å². The van der Waals surface area contributed by atoms with Crippen molar-refractivity contribution in [1.29, 1.82) is 0 Å². The fraction of sp³-hybridized carbons (Fsp3) is 0.294. The normalized spacial score (nSPS) is 12.8. The molecule has 0 aromatic heterocycles. The van der Waals surface area contributed by atoms with E-state index < -0.39 is 0 Å². The highest BCUT2D eigenvalue weighted by Crippen LogP contribution is 2.26. The Labute approximate surface area is 127 Å². The number of hydrogen-bond acceptors (Lipinski definition) is 2. The molecule has 104 valence electrons. The lowest BCUT2D eigenvalue weighted by atomic mass is 10.1. The van der Waals surface area contributed by atoms with E-state index in [2.05, 4.69) is 46.3 Å². The fourth-order valence-electron chi connectivity index (χ4n) is 2.36. The second-order valence-electron chi connectivity index (χ2n) is 4.92. The molecule has 1 heterocycles. The molecule has 0 N–H and O–H groups in total. The summed E-state index contributed by atoms with van der Waals surface area (Å²) < 4.78 is 11.3. The van der Waals surface area contributed by atoms with Crippen LogP contribution in [0, 0.1) is 0 Å². The molecule has 0 unspecified atom stereocenters. The molecule has 0 atom stereocenters. The Kier molecular flexibility index (Phi) is 4.26. The third kappa shape index (κ3) is 3.15. The molecule has 0 saturated heterocycles. The summed E-state index contributed by atoms with van der Waals surface area (Å²) >= 11 is 3.44. The summed E-state index contributed by atoms with van der Waals surface area (Å²) in [5.74, 6) is 1.97. The monoisotopic (exact) mass is 332 g/mol. The van der Waals surface area contributed by atoms with Crippen LogP contribution in [0.25, 0.3) is 0 Å². The fourth-order valence-corrected chi connectivity index (χ4v) is 2.73. The lowest BCUT2D eigenvalue weighted by Crippen LogP contribution is -2.01. The van der Waals surface area contributed by atoms with Crippen molar-refractivity contribution in [2.45, 2.75) is 18.2 Å². The van der Waals surface area contributed by atoms with E-state index in [1.165, 1.54) is 16.7 Å². The van der Waals surface area contributed by atoms with Crippen molar-refractivity contribution in [3.05, 3.63) is 59.2 Å². The van der Waals surface area contributed by atoms with Gasteiger partial charge in [-0.1, -0.05) is 40.2 Å². The Balaban J connectivity index is 1.54. The number of benzene rings is 2. The number of fused-ring (bicyclic) bond motifs is 1. The standard InChI is InChI=1S/C17H17BrO2/c18-12-14-1-4-16(5-2-14)19-9-7-13-3-6-17-15(11-13)8-10-20-17/h1-6,11H,7-10,12H2. The molecule has 20 heavy (non-hydrogen) atoms. The second-order valence-corrected chi connectivity index (χ2v) is 5.48. The van der Waals surface area contributed by atoms with Gasteiger partial charge in [-0.25, -0.2) is 0 Å². The molecule has 2 nitrogen and oxygen atoms in total. The first-order chi connectivity index (χ1) is 9.85. The molecule has 2 aromatic rings. The molecule has 0 spiro atoms. The molecule has 0 aliphatic carbocycles. The van der Waals surface area contributed by atoms with E-state index >= 15 is 0 Å². The van der Waals surface area contributed by atoms with E-state index in [1.807, 2.05) is 12.1 Å². The number of hydrogen-bond donors (Lipinski definition) is 0. The molecule has 0 saturated carbocycles. The Morgan fingerprint density at radius 2 is 1.85 bits per heavy atom. The van der Waals surface area contributed by atoms with Crippen LogP contribution in [0.2, 0.25) is 0 Å². The predicted molar refractivity (Wildman–Crippen MR) is 83.9 cm³/mol. The van der Waals surface area contributed by atoms with Crippen molar-refractivity contribution in [1.82, 2.24) is 0 Å². The minimum Gasteiger partial charge on any atom is -0.493 e. The second kappa shape index (κ2) is 6.31. The van der Waals surface area contributed by atoms with Gasteiger partial charge in [0.25, 0.3) is 0 Å². The van der Waals surface area contributed by atoms with Crippen LogP contribution in [0.3, 0.4) is 0 Å². The van der Waals surface area contributed by atoms with Crippen LogP contribution in [0.15, 0.2) is 42.5 Å². The van der Waals surface area contributed by atoms with E-state index in [-0.39, 0.29) is 0 Å². The quantitative estimate of drug-likeness (QED) is 0.766. The number of ether oxygens (including phenoxy) is 2. The van der Waals surface area contributed by atoms with Crippen LogP contribution in [-0.2, 0) is 18.2 Å². The summed E-state index contributed by atoms with van der Waals surface area (Å²) in [6.07, 6.45) is 1.95. The highest BCUT2D eigenvalue weighted by atomic mass is 79.9. The predicted octanol–water partition coefficient (Wildman–Crippen LogP) is 4.14. The highest BCUT2D eigenvalue weighted by Gasteiger charge is 2.11. The minimum absolute atomic E-state index is 0.702. The first-order valence-corrected chi connectivity index (χ1v) is 7.99. The first-order valence-electron chi connectivity index (χ1n) is 6.87. The number of alkyl halides is 1. The van der Waals surface area contributed by atoms with Gasteiger partial charge in [-0.3, -0.25) is 0 Å². The Morgan fingerprint density at radius 3 is 2.65 bits per heavy atom. The third-order valence-corrected chi connectivity index (χ3v) is 4.14. The van der Waals surface area contributed by atoms with Gasteiger partial charge in [0.15, 0.2) is 0 Å². The van der Waals surface area contributed by atoms with Crippen molar-refractivity contribution >= 4 is 15.9 Å². The molecule has 0 bridgehead atoms. The van der Waals surface area contributed by atoms with Crippen molar-refractivity contribution in [2.75, 3.05) is 13.2 Å². The van der Waals surface area contributed by atoms with Gasteiger partial charge in [-0.05, 0) is 34.9 Å². The zero-order valence-corrected chi connectivity index (χ0v) is 12.9. The van der Waals surface area contributed by atoms with Crippen LogP contribution in [0.1, 0.15) is 16.7 Å². The maximum absolute atomic E-state index is 5.78. The topological polar surface area (TPSA) is 18.5 Å². The molecule has 3 heteroatoms. The molecule has 1 aliphatic rings. The van der Waals surface area contributed by atoms with Crippen LogP contribution < -0.4 is 9.47 Å². The van der Waals surface area contributed by atoms with E-state index in [9.17, 15) is 0 Å². The molecule has 1 aliphatic heterocycles. The van der Waals surface area contributed by atoms with Crippen LogP contribution in [0.5, 0.6) is 11.5 Å². The Morgan fingerprint density at radius 1 is 1.05 bits per heavy atom. The SMILES string of the molecule is BrCc1ccc(OCCc2ccc3c(c2)CCO3)cc1. The first kappa shape index (κ1) is 13.5. The molecule has 0 fully saturated rings. The van der Waals surface area contributed by atoms with Crippen molar-refractivity contribution < 1.29 is 9.47 Å². The lowest BCUT2D eigenvalue weighted by molar-refractivity contribution is 0.322. The summed E-state index contributed by atoms with van der Waals surface area (Å²) in [5, 5.41) is 0.879. The van der Waals surface area contributed by atoms with Crippen LogP contribution in [0.4, 0.5) is 0 Å². The highest BCUT2D eigenvalue weighted by molar-refractivity contribution is 9.08. The maximum atomic E-state index is 5.78. The lowest BCUT2D eigenvalue weighted by Gasteiger charge is -2.08. The minimum atomic E-state index is 0.702. The van der Waals surface area contributed by atoms with Gasteiger partial charge < -0.3 is 9.47 Å². The average molecular weight is 333 g/mol. The largest absolute Gasteiger partial charge is 0.493 e. The van der Waals surface area contributed by atoms with Crippen molar-refractivity contribution in [2.24, 2.45) is 0 Å². The average Bonchev–Trinajstić information content (AvgIpc) is 2.95. The summed E-state index contributed by atoms with van der Waals surface area (Å²) in [6, 6.07) is 14.6. The molecular weight excluding hydrogens is 316 g/mol. The Hall–Kier alpha value is -1.48.